The monoisotopic (exact) mass is 255 g/mol. The normalized spacial score (nSPS) is 10.3. The molecule has 0 atom stereocenters. The van der Waals surface area contributed by atoms with Crippen LogP contribution in [0.5, 0.6) is 5.75 Å². The summed E-state index contributed by atoms with van der Waals surface area (Å²) in [6.07, 6.45) is 0. The molecule has 0 unspecified atom stereocenters. The Morgan fingerprint density at radius 2 is 1.79 bits per heavy atom. The molecule has 19 heavy (non-hydrogen) atoms. The SMILES string of the molecule is Cc1ccc(NC(=O)c2cccc(O)c2C)cc1C. The smallest absolute Gasteiger partial charge is 0.256 e. The van der Waals surface area contributed by atoms with Gasteiger partial charge < -0.3 is 10.4 Å². The average molecular weight is 255 g/mol. The molecule has 0 aliphatic heterocycles. The van der Waals surface area contributed by atoms with Gasteiger partial charge in [0.25, 0.3) is 5.91 Å². The summed E-state index contributed by atoms with van der Waals surface area (Å²) in [5.41, 5.74) is 4.15. The van der Waals surface area contributed by atoms with Crippen LogP contribution in [0.25, 0.3) is 0 Å². The third-order valence-corrected chi connectivity index (χ3v) is 3.31. The van der Waals surface area contributed by atoms with Crippen LogP contribution in [0.3, 0.4) is 0 Å². The zero-order valence-corrected chi connectivity index (χ0v) is 11.3. The van der Waals surface area contributed by atoms with Crippen molar-refractivity contribution in [2.45, 2.75) is 20.8 Å². The van der Waals surface area contributed by atoms with E-state index in [4.69, 9.17) is 0 Å². The number of hydrogen-bond acceptors (Lipinski definition) is 2. The third kappa shape index (κ3) is 2.76. The van der Waals surface area contributed by atoms with E-state index in [2.05, 4.69) is 5.32 Å². The van der Waals surface area contributed by atoms with E-state index in [0.29, 0.717) is 11.1 Å². The zero-order valence-electron chi connectivity index (χ0n) is 11.3. The predicted molar refractivity (Wildman–Crippen MR) is 76.7 cm³/mol. The Morgan fingerprint density at radius 1 is 1.05 bits per heavy atom. The first kappa shape index (κ1) is 13.1. The van der Waals surface area contributed by atoms with Gasteiger partial charge in [-0.1, -0.05) is 12.1 Å². The number of aryl methyl sites for hydroxylation is 2. The van der Waals surface area contributed by atoms with Crippen molar-refractivity contribution in [2.75, 3.05) is 5.32 Å². The molecule has 0 radical (unpaired) electrons. The van der Waals surface area contributed by atoms with Crippen LogP contribution in [-0.4, -0.2) is 11.0 Å². The molecule has 3 nitrogen and oxygen atoms in total. The van der Waals surface area contributed by atoms with E-state index in [1.165, 1.54) is 5.56 Å². The average Bonchev–Trinajstić information content (AvgIpc) is 2.37. The molecule has 0 spiro atoms. The standard InChI is InChI=1S/C16H17NO2/c1-10-7-8-13(9-11(10)2)17-16(19)14-5-4-6-15(18)12(14)3/h4-9,18H,1-3H3,(H,17,19). The Labute approximate surface area is 112 Å². The molecular formula is C16H17NO2. The lowest BCUT2D eigenvalue weighted by molar-refractivity contribution is 0.102. The molecule has 2 rings (SSSR count). The maximum absolute atomic E-state index is 12.2. The van der Waals surface area contributed by atoms with Gasteiger partial charge in [-0.25, -0.2) is 0 Å². The van der Waals surface area contributed by atoms with Crippen LogP contribution < -0.4 is 5.32 Å². The molecule has 0 aliphatic rings. The highest BCUT2D eigenvalue weighted by atomic mass is 16.3. The fourth-order valence-corrected chi connectivity index (χ4v) is 1.89. The van der Waals surface area contributed by atoms with Gasteiger partial charge >= 0.3 is 0 Å². The molecule has 0 bridgehead atoms. The summed E-state index contributed by atoms with van der Waals surface area (Å²) in [7, 11) is 0. The van der Waals surface area contributed by atoms with Gasteiger partial charge in [-0.05, 0) is 56.2 Å². The fraction of sp³-hybridized carbons (Fsp3) is 0.188. The first-order valence-corrected chi connectivity index (χ1v) is 6.16. The molecule has 0 fully saturated rings. The van der Waals surface area contributed by atoms with Gasteiger partial charge in [0, 0.05) is 16.8 Å². The summed E-state index contributed by atoms with van der Waals surface area (Å²) in [4.78, 5) is 12.2. The molecule has 2 aromatic rings. The second-order valence-electron chi connectivity index (χ2n) is 4.70. The highest BCUT2D eigenvalue weighted by Gasteiger charge is 2.11. The van der Waals surface area contributed by atoms with E-state index in [9.17, 15) is 9.90 Å². The van der Waals surface area contributed by atoms with Crippen molar-refractivity contribution in [2.24, 2.45) is 0 Å². The second-order valence-corrected chi connectivity index (χ2v) is 4.70. The Kier molecular flexibility index (Phi) is 3.56. The predicted octanol–water partition coefficient (Wildman–Crippen LogP) is 3.57. The van der Waals surface area contributed by atoms with Crippen molar-refractivity contribution in [1.82, 2.24) is 0 Å². The molecular weight excluding hydrogens is 238 g/mol. The number of phenolic OH excluding ortho intramolecular Hbond substituents is 1. The number of benzene rings is 2. The zero-order chi connectivity index (χ0) is 14.0. The fourth-order valence-electron chi connectivity index (χ4n) is 1.89. The second kappa shape index (κ2) is 5.14. The number of rotatable bonds is 2. The van der Waals surface area contributed by atoms with Crippen molar-refractivity contribution < 1.29 is 9.90 Å². The number of nitrogens with one attached hydrogen (secondary N) is 1. The Hall–Kier alpha value is -2.29. The summed E-state index contributed by atoms with van der Waals surface area (Å²) in [6, 6.07) is 10.7. The molecule has 0 saturated carbocycles. The van der Waals surface area contributed by atoms with E-state index in [0.717, 1.165) is 11.3 Å². The van der Waals surface area contributed by atoms with Gasteiger partial charge in [-0.15, -0.1) is 0 Å². The van der Waals surface area contributed by atoms with E-state index < -0.39 is 0 Å². The number of amides is 1. The number of carbonyl (C=O) groups is 1. The highest BCUT2D eigenvalue weighted by molar-refractivity contribution is 6.05. The molecule has 0 heterocycles. The summed E-state index contributed by atoms with van der Waals surface area (Å²) in [5, 5.41) is 12.5. The van der Waals surface area contributed by atoms with Crippen molar-refractivity contribution in [3.63, 3.8) is 0 Å². The summed E-state index contributed by atoms with van der Waals surface area (Å²) in [6.45, 7) is 5.76. The molecule has 3 heteroatoms. The third-order valence-electron chi connectivity index (χ3n) is 3.31. The Balaban J connectivity index is 2.26. The maximum Gasteiger partial charge on any atom is 0.256 e. The Morgan fingerprint density at radius 3 is 2.47 bits per heavy atom. The van der Waals surface area contributed by atoms with Crippen LogP contribution in [0.4, 0.5) is 5.69 Å². The topological polar surface area (TPSA) is 49.3 Å². The number of hydrogen-bond donors (Lipinski definition) is 2. The number of anilines is 1. The number of aromatic hydroxyl groups is 1. The quantitative estimate of drug-likeness (QED) is 0.861. The van der Waals surface area contributed by atoms with Crippen LogP contribution in [0, 0.1) is 20.8 Å². The van der Waals surface area contributed by atoms with Crippen molar-refractivity contribution >= 4 is 11.6 Å². The van der Waals surface area contributed by atoms with Gasteiger partial charge in [0.05, 0.1) is 0 Å². The van der Waals surface area contributed by atoms with E-state index >= 15 is 0 Å². The largest absolute Gasteiger partial charge is 0.508 e. The van der Waals surface area contributed by atoms with E-state index in [-0.39, 0.29) is 11.7 Å². The van der Waals surface area contributed by atoms with Crippen LogP contribution in [0.1, 0.15) is 27.0 Å². The molecule has 1 amide bonds. The van der Waals surface area contributed by atoms with E-state index in [1.54, 1.807) is 25.1 Å². The first-order chi connectivity index (χ1) is 8.99. The lowest BCUT2D eigenvalue weighted by atomic mass is 10.1. The molecule has 0 aliphatic carbocycles. The van der Waals surface area contributed by atoms with Gasteiger partial charge in [0.15, 0.2) is 0 Å². The van der Waals surface area contributed by atoms with Crippen molar-refractivity contribution in [3.8, 4) is 5.75 Å². The first-order valence-electron chi connectivity index (χ1n) is 6.16. The molecule has 2 N–H and O–H groups in total. The van der Waals surface area contributed by atoms with Gasteiger partial charge in [-0.3, -0.25) is 4.79 Å². The number of phenols is 1. The lowest BCUT2D eigenvalue weighted by Crippen LogP contribution is -2.13. The summed E-state index contributed by atoms with van der Waals surface area (Å²) >= 11 is 0. The van der Waals surface area contributed by atoms with Crippen LogP contribution >= 0.6 is 0 Å². The van der Waals surface area contributed by atoms with Crippen molar-refractivity contribution in [1.29, 1.82) is 0 Å². The minimum absolute atomic E-state index is 0.132. The molecule has 98 valence electrons. The van der Waals surface area contributed by atoms with E-state index in [1.807, 2.05) is 32.0 Å². The van der Waals surface area contributed by atoms with Crippen LogP contribution in [-0.2, 0) is 0 Å². The lowest BCUT2D eigenvalue weighted by Gasteiger charge is -2.10. The molecule has 0 aromatic heterocycles. The molecule has 0 saturated heterocycles. The van der Waals surface area contributed by atoms with Gasteiger partial charge in [-0.2, -0.15) is 0 Å². The van der Waals surface area contributed by atoms with Gasteiger partial charge in [0.1, 0.15) is 5.75 Å². The summed E-state index contributed by atoms with van der Waals surface area (Å²) < 4.78 is 0. The van der Waals surface area contributed by atoms with Crippen molar-refractivity contribution in [3.05, 3.63) is 58.7 Å². The molecule has 2 aromatic carbocycles. The minimum atomic E-state index is -0.211. The Bertz CT molecular complexity index is 633. The number of carbonyl (C=O) groups excluding carboxylic acids is 1. The maximum atomic E-state index is 12.2. The highest BCUT2D eigenvalue weighted by Crippen LogP contribution is 2.21. The van der Waals surface area contributed by atoms with Crippen LogP contribution in [0.15, 0.2) is 36.4 Å². The van der Waals surface area contributed by atoms with Crippen LogP contribution in [0.2, 0.25) is 0 Å². The van der Waals surface area contributed by atoms with Gasteiger partial charge in [0.2, 0.25) is 0 Å². The summed E-state index contributed by atoms with van der Waals surface area (Å²) in [5.74, 6) is -0.0793. The minimum Gasteiger partial charge on any atom is -0.508 e.